The van der Waals surface area contributed by atoms with Crippen LogP contribution in [0, 0.1) is 0 Å². The molecule has 1 N–H and O–H groups in total. The van der Waals surface area contributed by atoms with Gasteiger partial charge in [-0.15, -0.1) is 0 Å². The van der Waals surface area contributed by atoms with E-state index in [1.165, 1.54) is 0 Å². The van der Waals surface area contributed by atoms with E-state index in [0.717, 1.165) is 5.56 Å². The van der Waals surface area contributed by atoms with Gasteiger partial charge in [0, 0.05) is 29.8 Å². The highest BCUT2D eigenvalue weighted by Crippen LogP contribution is 2.53. The summed E-state index contributed by atoms with van der Waals surface area (Å²) in [4.78, 5) is 0. The molecule has 0 bridgehead atoms. The molecule has 0 heterocycles. The molecule has 16 heavy (non-hydrogen) atoms. The summed E-state index contributed by atoms with van der Waals surface area (Å²) in [5.74, 6) is -2.52. The molecule has 4 heteroatoms. The maximum Gasteiger partial charge on any atom is 0.250 e. The van der Waals surface area contributed by atoms with Crippen LogP contribution in [0.25, 0.3) is 0 Å². The van der Waals surface area contributed by atoms with Crippen LogP contribution < -0.4 is 5.32 Å². The number of halogens is 3. The van der Waals surface area contributed by atoms with Crippen LogP contribution in [0.4, 0.5) is 8.78 Å². The van der Waals surface area contributed by atoms with Crippen LogP contribution in [0.5, 0.6) is 0 Å². The molecule has 0 spiro atoms. The van der Waals surface area contributed by atoms with Crippen LogP contribution >= 0.6 is 11.6 Å². The Balaban J connectivity index is 2.24. The standard InChI is InChI=1S/C12H14ClF2N/c1-16-8-11(6-12(14,15)7-11)9-2-4-10(13)5-3-9/h2-5,16H,6-8H2,1H3. The van der Waals surface area contributed by atoms with E-state index < -0.39 is 11.3 Å². The van der Waals surface area contributed by atoms with E-state index in [9.17, 15) is 8.78 Å². The number of rotatable bonds is 3. The molecular formula is C12H14ClF2N. The van der Waals surface area contributed by atoms with Crippen LogP contribution in [0.1, 0.15) is 18.4 Å². The average Bonchev–Trinajstić information content (AvgIpc) is 2.16. The highest BCUT2D eigenvalue weighted by atomic mass is 35.5. The number of nitrogens with one attached hydrogen (secondary N) is 1. The summed E-state index contributed by atoms with van der Waals surface area (Å²) in [5.41, 5.74) is 0.514. The van der Waals surface area contributed by atoms with Gasteiger partial charge in [-0.3, -0.25) is 0 Å². The summed E-state index contributed by atoms with van der Waals surface area (Å²) in [5, 5.41) is 3.63. The van der Waals surface area contributed by atoms with Crippen molar-refractivity contribution in [3.8, 4) is 0 Å². The SMILES string of the molecule is CNCC1(c2ccc(Cl)cc2)CC(F)(F)C1. The minimum absolute atomic E-state index is 0.0809. The molecule has 0 radical (unpaired) electrons. The van der Waals surface area contributed by atoms with Gasteiger partial charge in [0.2, 0.25) is 5.92 Å². The first-order valence-electron chi connectivity index (χ1n) is 5.26. The number of benzene rings is 1. The normalized spacial score (nSPS) is 21.5. The molecule has 1 saturated carbocycles. The second kappa shape index (κ2) is 3.97. The van der Waals surface area contributed by atoms with Crippen LogP contribution in [0.3, 0.4) is 0 Å². The quantitative estimate of drug-likeness (QED) is 0.862. The maximum absolute atomic E-state index is 13.1. The maximum atomic E-state index is 13.1. The molecule has 1 aliphatic carbocycles. The molecule has 0 aromatic heterocycles. The lowest BCUT2D eigenvalue weighted by Crippen LogP contribution is -2.54. The molecule has 0 unspecified atom stereocenters. The van der Waals surface area contributed by atoms with Crippen molar-refractivity contribution in [1.29, 1.82) is 0 Å². The van der Waals surface area contributed by atoms with Gasteiger partial charge in [-0.2, -0.15) is 0 Å². The lowest BCUT2D eigenvalue weighted by atomic mass is 9.62. The summed E-state index contributed by atoms with van der Waals surface area (Å²) in [6, 6.07) is 7.19. The van der Waals surface area contributed by atoms with Gasteiger partial charge in [0.15, 0.2) is 0 Å². The molecule has 1 aromatic rings. The van der Waals surface area contributed by atoms with Crippen molar-refractivity contribution in [3.05, 3.63) is 34.9 Å². The van der Waals surface area contributed by atoms with Crippen LogP contribution in [-0.2, 0) is 5.41 Å². The predicted octanol–water partition coefficient (Wildman–Crippen LogP) is 3.23. The fraction of sp³-hybridized carbons (Fsp3) is 0.500. The van der Waals surface area contributed by atoms with Crippen LogP contribution in [-0.4, -0.2) is 19.5 Å². The summed E-state index contributed by atoms with van der Waals surface area (Å²) in [6.07, 6.45) is -0.162. The van der Waals surface area contributed by atoms with Gasteiger partial charge in [0.05, 0.1) is 0 Å². The lowest BCUT2D eigenvalue weighted by molar-refractivity contribution is -0.125. The summed E-state index contributed by atoms with van der Waals surface area (Å²) < 4.78 is 26.1. The van der Waals surface area contributed by atoms with E-state index in [4.69, 9.17) is 11.6 Å². The third-order valence-electron chi connectivity index (χ3n) is 3.17. The van der Waals surface area contributed by atoms with E-state index in [0.29, 0.717) is 11.6 Å². The first-order chi connectivity index (χ1) is 7.47. The van der Waals surface area contributed by atoms with Crippen molar-refractivity contribution in [3.63, 3.8) is 0 Å². The highest BCUT2D eigenvalue weighted by Gasteiger charge is 2.56. The Hall–Kier alpha value is -0.670. The van der Waals surface area contributed by atoms with E-state index in [2.05, 4.69) is 5.32 Å². The third-order valence-corrected chi connectivity index (χ3v) is 3.42. The molecule has 0 aliphatic heterocycles. The van der Waals surface area contributed by atoms with Crippen molar-refractivity contribution >= 4 is 11.6 Å². The lowest BCUT2D eigenvalue weighted by Gasteiger charge is -2.48. The summed E-state index contributed by atoms with van der Waals surface area (Å²) >= 11 is 5.79. The molecule has 0 amide bonds. The van der Waals surface area contributed by atoms with Gasteiger partial charge in [-0.1, -0.05) is 23.7 Å². The molecule has 1 aromatic carbocycles. The molecule has 2 rings (SSSR count). The van der Waals surface area contributed by atoms with E-state index in [1.807, 2.05) is 12.1 Å². The Morgan fingerprint density at radius 3 is 2.25 bits per heavy atom. The topological polar surface area (TPSA) is 12.0 Å². The van der Waals surface area contributed by atoms with Gasteiger partial charge >= 0.3 is 0 Å². The first-order valence-corrected chi connectivity index (χ1v) is 5.64. The fourth-order valence-corrected chi connectivity index (χ4v) is 2.64. The van der Waals surface area contributed by atoms with Crippen molar-refractivity contribution in [2.45, 2.75) is 24.2 Å². The van der Waals surface area contributed by atoms with Gasteiger partial charge in [0.1, 0.15) is 0 Å². The molecule has 0 atom stereocenters. The average molecular weight is 246 g/mol. The van der Waals surface area contributed by atoms with Gasteiger partial charge in [0.25, 0.3) is 0 Å². The Morgan fingerprint density at radius 2 is 1.81 bits per heavy atom. The van der Waals surface area contributed by atoms with E-state index in [-0.39, 0.29) is 12.8 Å². The highest BCUT2D eigenvalue weighted by molar-refractivity contribution is 6.30. The molecular weight excluding hydrogens is 232 g/mol. The van der Waals surface area contributed by atoms with Crippen molar-refractivity contribution in [2.75, 3.05) is 13.6 Å². The number of hydrogen-bond acceptors (Lipinski definition) is 1. The van der Waals surface area contributed by atoms with Crippen LogP contribution in [0.2, 0.25) is 5.02 Å². The van der Waals surface area contributed by atoms with E-state index >= 15 is 0 Å². The number of likely N-dealkylation sites (N-methyl/N-ethyl adjacent to an activating group) is 1. The molecule has 88 valence electrons. The van der Waals surface area contributed by atoms with Gasteiger partial charge in [-0.05, 0) is 24.7 Å². The number of alkyl halides is 2. The fourth-order valence-electron chi connectivity index (χ4n) is 2.51. The van der Waals surface area contributed by atoms with Crippen molar-refractivity contribution < 1.29 is 8.78 Å². The minimum atomic E-state index is -2.52. The molecule has 1 fully saturated rings. The van der Waals surface area contributed by atoms with Gasteiger partial charge in [-0.25, -0.2) is 8.78 Å². The summed E-state index contributed by atoms with van der Waals surface area (Å²) in [7, 11) is 1.79. The third kappa shape index (κ3) is 2.06. The zero-order valence-corrected chi connectivity index (χ0v) is 9.82. The Labute approximate surface area is 98.8 Å². The first kappa shape index (κ1) is 11.8. The number of hydrogen-bond donors (Lipinski definition) is 1. The smallest absolute Gasteiger partial charge is 0.250 e. The second-order valence-electron chi connectivity index (χ2n) is 4.53. The zero-order valence-electron chi connectivity index (χ0n) is 9.06. The Bertz CT molecular complexity index is 367. The monoisotopic (exact) mass is 245 g/mol. The predicted molar refractivity (Wildman–Crippen MR) is 61.2 cm³/mol. The summed E-state index contributed by atoms with van der Waals surface area (Å²) in [6.45, 7) is 0.574. The Kier molecular flexibility index (Phi) is 2.93. The Morgan fingerprint density at radius 1 is 1.25 bits per heavy atom. The van der Waals surface area contributed by atoms with Crippen molar-refractivity contribution in [1.82, 2.24) is 5.32 Å². The molecule has 0 saturated heterocycles. The zero-order chi connectivity index (χ0) is 11.8. The van der Waals surface area contributed by atoms with Gasteiger partial charge < -0.3 is 5.32 Å². The molecule has 1 aliphatic rings. The van der Waals surface area contributed by atoms with E-state index in [1.54, 1.807) is 19.2 Å². The minimum Gasteiger partial charge on any atom is -0.319 e. The largest absolute Gasteiger partial charge is 0.319 e. The molecule has 1 nitrogen and oxygen atoms in total. The van der Waals surface area contributed by atoms with Crippen molar-refractivity contribution in [2.24, 2.45) is 0 Å². The second-order valence-corrected chi connectivity index (χ2v) is 4.96. The van der Waals surface area contributed by atoms with Crippen LogP contribution in [0.15, 0.2) is 24.3 Å².